The van der Waals surface area contributed by atoms with E-state index >= 15 is 0 Å². The number of carbonyl (C=O) groups is 1. The van der Waals surface area contributed by atoms with Crippen LogP contribution >= 0.6 is 0 Å². The number of fused-ring (bicyclic) bond motifs is 1. The number of nitrogens with zero attached hydrogens (tertiary/aromatic N) is 1. The van der Waals surface area contributed by atoms with E-state index in [0.29, 0.717) is 23.8 Å². The number of benzene rings is 1. The highest BCUT2D eigenvalue weighted by Gasteiger charge is 2.09. The number of methoxy groups -OCH3 is 2. The number of ether oxygens (including phenoxy) is 3. The van der Waals surface area contributed by atoms with E-state index in [1.54, 1.807) is 27.2 Å². The van der Waals surface area contributed by atoms with Crippen LogP contribution in [0.1, 0.15) is 18.2 Å². The second-order valence-corrected chi connectivity index (χ2v) is 4.67. The Balaban J connectivity index is 2.45. The van der Waals surface area contributed by atoms with Gasteiger partial charge >= 0.3 is 5.97 Å². The van der Waals surface area contributed by atoms with E-state index in [9.17, 15) is 4.79 Å². The van der Waals surface area contributed by atoms with Gasteiger partial charge in [0.1, 0.15) is 0 Å². The molecule has 0 amide bonds. The molecular formula is C17H19NO4. The number of aromatic nitrogens is 1. The van der Waals surface area contributed by atoms with E-state index in [-0.39, 0.29) is 5.97 Å². The Bertz CT molecular complexity index is 722. The fraction of sp³-hybridized carbons (Fsp3) is 0.294. The van der Waals surface area contributed by atoms with Crippen molar-refractivity contribution in [2.75, 3.05) is 20.8 Å². The van der Waals surface area contributed by atoms with Crippen molar-refractivity contribution in [3.63, 3.8) is 0 Å². The molecule has 0 atom stereocenters. The molecule has 0 fully saturated rings. The summed E-state index contributed by atoms with van der Waals surface area (Å²) in [5, 5.41) is 0.978. The van der Waals surface area contributed by atoms with E-state index in [2.05, 4.69) is 4.98 Å². The summed E-state index contributed by atoms with van der Waals surface area (Å²) in [7, 11) is 3.18. The summed E-state index contributed by atoms with van der Waals surface area (Å²) in [6, 6.07) is 5.63. The number of pyridine rings is 1. The van der Waals surface area contributed by atoms with Crippen molar-refractivity contribution < 1.29 is 19.0 Å². The molecule has 0 aliphatic rings. The van der Waals surface area contributed by atoms with E-state index in [1.165, 1.54) is 6.08 Å². The predicted molar refractivity (Wildman–Crippen MR) is 85.3 cm³/mol. The molecule has 0 unspecified atom stereocenters. The lowest BCUT2D eigenvalue weighted by Crippen LogP contribution is -1.99. The highest BCUT2D eigenvalue weighted by atomic mass is 16.5. The molecule has 0 bridgehead atoms. The number of rotatable bonds is 5. The van der Waals surface area contributed by atoms with Gasteiger partial charge in [0.15, 0.2) is 11.5 Å². The average molecular weight is 301 g/mol. The van der Waals surface area contributed by atoms with Crippen LogP contribution in [0, 0.1) is 6.92 Å². The van der Waals surface area contributed by atoms with Crippen molar-refractivity contribution in [2.45, 2.75) is 13.8 Å². The van der Waals surface area contributed by atoms with Crippen molar-refractivity contribution in [2.24, 2.45) is 0 Å². The van der Waals surface area contributed by atoms with E-state index in [4.69, 9.17) is 14.2 Å². The van der Waals surface area contributed by atoms with E-state index in [0.717, 1.165) is 16.5 Å². The van der Waals surface area contributed by atoms with Gasteiger partial charge < -0.3 is 14.2 Å². The van der Waals surface area contributed by atoms with Gasteiger partial charge in [-0.2, -0.15) is 0 Å². The van der Waals surface area contributed by atoms with Gasteiger partial charge in [0.25, 0.3) is 0 Å². The summed E-state index contributed by atoms with van der Waals surface area (Å²) < 4.78 is 15.5. The Morgan fingerprint density at radius 2 is 1.86 bits per heavy atom. The number of hydrogen-bond donors (Lipinski definition) is 0. The lowest BCUT2D eigenvalue weighted by Gasteiger charge is -2.10. The summed E-state index contributed by atoms with van der Waals surface area (Å²) in [6.07, 6.45) is 3.01. The largest absolute Gasteiger partial charge is 0.493 e. The second-order valence-electron chi connectivity index (χ2n) is 4.67. The predicted octanol–water partition coefficient (Wildman–Crippen LogP) is 3.14. The van der Waals surface area contributed by atoms with Gasteiger partial charge in [-0.15, -0.1) is 0 Å². The molecule has 0 aliphatic heterocycles. The van der Waals surface area contributed by atoms with Gasteiger partial charge in [-0.1, -0.05) is 0 Å². The fourth-order valence-electron chi connectivity index (χ4n) is 2.18. The summed E-state index contributed by atoms with van der Waals surface area (Å²) in [4.78, 5) is 15.9. The van der Waals surface area contributed by atoms with Crippen molar-refractivity contribution in [3.8, 4) is 11.5 Å². The second kappa shape index (κ2) is 6.93. The number of esters is 1. The highest BCUT2D eigenvalue weighted by Crippen LogP contribution is 2.33. The van der Waals surface area contributed by atoms with Crippen molar-refractivity contribution >= 4 is 22.9 Å². The summed E-state index contributed by atoms with van der Waals surface area (Å²) in [6.45, 7) is 4.10. The lowest BCUT2D eigenvalue weighted by atomic mass is 10.1. The Kier molecular flexibility index (Phi) is 4.99. The molecule has 0 N–H and O–H groups in total. The molecule has 116 valence electrons. The van der Waals surface area contributed by atoms with Crippen molar-refractivity contribution in [1.82, 2.24) is 4.98 Å². The van der Waals surface area contributed by atoms with Gasteiger partial charge in [-0.25, -0.2) is 9.78 Å². The Hall–Kier alpha value is -2.56. The average Bonchev–Trinajstić information content (AvgIpc) is 2.52. The van der Waals surface area contributed by atoms with Crippen LogP contribution in [0.15, 0.2) is 24.3 Å². The standard InChI is InChI=1S/C17H19NO4/c1-5-22-17(19)7-6-12-8-11(2)13-9-15(20-3)16(21-4)10-14(13)18-12/h6-10H,5H2,1-4H3/b7-6+. The molecule has 5 nitrogen and oxygen atoms in total. The first-order valence-corrected chi connectivity index (χ1v) is 6.97. The molecule has 1 aromatic heterocycles. The molecule has 0 spiro atoms. The summed E-state index contributed by atoms with van der Waals surface area (Å²) in [5.41, 5.74) is 2.50. The molecule has 2 aromatic rings. The first-order valence-electron chi connectivity index (χ1n) is 6.97. The third-order valence-electron chi connectivity index (χ3n) is 3.22. The highest BCUT2D eigenvalue weighted by molar-refractivity contribution is 5.89. The van der Waals surface area contributed by atoms with Crippen molar-refractivity contribution in [1.29, 1.82) is 0 Å². The lowest BCUT2D eigenvalue weighted by molar-refractivity contribution is -0.137. The van der Waals surface area contributed by atoms with Crippen LogP contribution in [-0.4, -0.2) is 31.8 Å². The Labute approximate surface area is 129 Å². The Morgan fingerprint density at radius 3 is 2.50 bits per heavy atom. The van der Waals surface area contributed by atoms with Crippen LogP contribution in [0.3, 0.4) is 0 Å². The van der Waals surface area contributed by atoms with Crippen LogP contribution in [0.5, 0.6) is 11.5 Å². The topological polar surface area (TPSA) is 57.7 Å². The SMILES string of the molecule is CCOC(=O)/C=C/c1cc(C)c2cc(OC)c(OC)cc2n1. The monoisotopic (exact) mass is 301 g/mol. The molecule has 0 saturated carbocycles. The molecule has 5 heteroatoms. The quantitative estimate of drug-likeness (QED) is 0.627. The van der Waals surface area contributed by atoms with Gasteiger partial charge in [0.2, 0.25) is 0 Å². The molecule has 1 aromatic carbocycles. The minimum atomic E-state index is -0.380. The zero-order chi connectivity index (χ0) is 16.1. The maximum Gasteiger partial charge on any atom is 0.330 e. The summed E-state index contributed by atoms with van der Waals surface area (Å²) >= 11 is 0. The molecule has 1 heterocycles. The van der Waals surface area contributed by atoms with Crippen molar-refractivity contribution in [3.05, 3.63) is 35.5 Å². The summed E-state index contributed by atoms with van der Waals surface area (Å²) in [5.74, 6) is 0.900. The third-order valence-corrected chi connectivity index (χ3v) is 3.22. The van der Waals surface area contributed by atoms with Crippen LogP contribution in [0.4, 0.5) is 0 Å². The Morgan fingerprint density at radius 1 is 1.18 bits per heavy atom. The molecule has 0 saturated heterocycles. The number of aryl methyl sites for hydroxylation is 1. The molecule has 0 aliphatic carbocycles. The van der Waals surface area contributed by atoms with Gasteiger partial charge in [-0.3, -0.25) is 0 Å². The molecule has 2 rings (SSSR count). The maximum atomic E-state index is 11.4. The zero-order valence-electron chi connectivity index (χ0n) is 13.2. The van der Waals surface area contributed by atoms with Gasteiger partial charge in [0.05, 0.1) is 32.0 Å². The normalized spacial score (nSPS) is 10.9. The molecular weight excluding hydrogens is 282 g/mol. The van der Waals surface area contributed by atoms with E-state index in [1.807, 2.05) is 25.1 Å². The fourth-order valence-corrected chi connectivity index (χ4v) is 2.18. The maximum absolute atomic E-state index is 11.4. The van der Waals surface area contributed by atoms with Crippen LogP contribution in [0.2, 0.25) is 0 Å². The molecule has 0 radical (unpaired) electrons. The van der Waals surface area contributed by atoms with E-state index < -0.39 is 0 Å². The minimum absolute atomic E-state index is 0.352. The first-order chi connectivity index (χ1) is 10.6. The minimum Gasteiger partial charge on any atom is -0.493 e. The smallest absolute Gasteiger partial charge is 0.330 e. The number of hydrogen-bond acceptors (Lipinski definition) is 5. The van der Waals surface area contributed by atoms with Gasteiger partial charge in [0, 0.05) is 17.5 Å². The van der Waals surface area contributed by atoms with Crippen LogP contribution in [-0.2, 0) is 9.53 Å². The van der Waals surface area contributed by atoms with Crippen LogP contribution < -0.4 is 9.47 Å². The number of carbonyl (C=O) groups excluding carboxylic acids is 1. The van der Waals surface area contributed by atoms with Gasteiger partial charge in [-0.05, 0) is 37.6 Å². The first kappa shape index (κ1) is 15.8. The third kappa shape index (κ3) is 3.36. The van der Waals surface area contributed by atoms with Crippen LogP contribution in [0.25, 0.3) is 17.0 Å². The molecule has 22 heavy (non-hydrogen) atoms. The zero-order valence-corrected chi connectivity index (χ0v) is 13.2.